The molecule has 0 aliphatic carbocycles. The number of hydrogen-bond acceptors (Lipinski definition) is 2. The molecule has 1 heterocycles. The summed E-state index contributed by atoms with van der Waals surface area (Å²) in [5.74, 6) is 0.308. The highest BCUT2D eigenvalue weighted by Crippen LogP contribution is 2.20. The first-order valence-electron chi connectivity index (χ1n) is 6.73. The number of halogens is 1. The first-order chi connectivity index (χ1) is 8.65. The van der Waals surface area contributed by atoms with E-state index in [0.717, 1.165) is 26.1 Å². The van der Waals surface area contributed by atoms with Gasteiger partial charge in [-0.2, -0.15) is 0 Å². The quantitative estimate of drug-likeness (QED) is 0.888. The van der Waals surface area contributed by atoms with E-state index in [9.17, 15) is 4.39 Å². The summed E-state index contributed by atoms with van der Waals surface area (Å²) in [6.45, 7) is 5.97. The first-order valence-corrected chi connectivity index (χ1v) is 6.73. The zero-order chi connectivity index (χ0) is 13.0. The van der Waals surface area contributed by atoms with Gasteiger partial charge < -0.3 is 10.1 Å². The molecule has 0 radical (unpaired) electrons. The highest BCUT2D eigenvalue weighted by Gasteiger charge is 2.26. The van der Waals surface area contributed by atoms with Gasteiger partial charge in [-0.15, -0.1) is 0 Å². The molecule has 18 heavy (non-hydrogen) atoms. The molecule has 100 valence electrons. The van der Waals surface area contributed by atoms with Gasteiger partial charge >= 0.3 is 0 Å². The third kappa shape index (κ3) is 3.79. The molecule has 1 saturated heterocycles. The van der Waals surface area contributed by atoms with Crippen LogP contribution in [-0.4, -0.2) is 25.3 Å². The Morgan fingerprint density at radius 2 is 2.06 bits per heavy atom. The van der Waals surface area contributed by atoms with Crippen LogP contribution in [0.3, 0.4) is 0 Å². The molecule has 2 rings (SSSR count). The molecular weight excluding hydrogens is 229 g/mol. The molecule has 1 aliphatic rings. The van der Waals surface area contributed by atoms with Gasteiger partial charge in [-0.05, 0) is 30.5 Å². The van der Waals surface area contributed by atoms with Gasteiger partial charge in [0.05, 0.1) is 6.61 Å². The monoisotopic (exact) mass is 251 g/mol. The fourth-order valence-corrected chi connectivity index (χ4v) is 2.57. The van der Waals surface area contributed by atoms with E-state index in [1.807, 2.05) is 12.1 Å². The van der Waals surface area contributed by atoms with E-state index in [4.69, 9.17) is 4.74 Å². The number of rotatable bonds is 4. The average Bonchev–Trinajstić information content (AvgIpc) is 2.34. The van der Waals surface area contributed by atoms with Gasteiger partial charge in [0, 0.05) is 24.6 Å². The fourth-order valence-electron chi connectivity index (χ4n) is 2.57. The normalized spacial score (nSPS) is 24.4. The molecular formula is C15H22FNO. The Bertz CT molecular complexity index is 363. The van der Waals surface area contributed by atoms with Crippen LogP contribution in [0.4, 0.5) is 4.39 Å². The molecule has 3 heteroatoms. The fraction of sp³-hybridized carbons (Fsp3) is 0.600. The first kappa shape index (κ1) is 13.5. The third-order valence-corrected chi connectivity index (χ3v) is 3.43. The average molecular weight is 251 g/mol. The van der Waals surface area contributed by atoms with E-state index in [1.165, 1.54) is 17.7 Å². The maximum Gasteiger partial charge on any atom is 0.123 e. The van der Waals surface area contributed by atoms with E-state index in [-0.39, 0.29) is 5.82 Å². The van der Waals surface area contributed by atoms with Crippen LogP contribution in [0.5, 0.6) is 0 Å². The zero-order valence-electron chi connectivity index (χ0n) is 11.2. The molecule has 2 nitrogen and oxygen atoms in total. The van der Waals surface area contributed by atoms with Gasteiger partial charge in [0.15, 0.2) is 0 Å². The molecule has 0 saturated carbocycles. The summed E-state index contributed by atoms with van der Waals surface area (Å²) < 4.78 is 18.5. The molecule has 0 bridgehead atoms. The maximum atomic E-state index is 12.9. The summed E-state index contributed by atoms with van der Waals surface area (Å²) in [5, 5.41) is 3.61. The van der Waals surface area contributed by atoms with E-state index >= 15 is 0 Å². The van der Waals surface area contributed by atoms with Crippen molar-refractivity contribution in [3.63, 3.8) is 0 Å². The second kappa shape index (κ2) is 6.30. The lowest BCUT2D eigenvalue weighted by atomic mass is 9.89. The Morgan fingerprint density at radius 1 is 1.33 bits per heavy atom. The molecule has 0 spiro atoms. The van der Waals surface area contributed by atoms with Gasteiger partial charge in [-0.25, -0.2) is 4.39 Å². The van der Waals surface area contributed by atoms with Crippen LogP contribution in [0.1, 0.15) is 25.8 Å². The van der Waals surface area contributed by atoms with Gasteiger partial charge in [-0.1, -0.05) is 26.0 Å². The molecule has 1 aromatic rings. The number of ether oxygens (including phenoxy) is 1. The van der Waals surface area contributed by atoms with Crippen LogP contribution in [0, 0.1) is 11.7 Å². The van der Waals surface area contributed by atoms with Crippen molar-refractivity contribution in [3.05, 3.63) is 35.6 Å². The molecule has 1 aliphatic heterocycles. The summed E-state index contributed by atoms with van der Waals surface area (Å²) in [6.07, 6.45) is 2.01. The minimum Gasteiger partial charge on any atom is -0.381 e. The Morgan fingerprint density at radius 3 is 2.72 bits per heavy atom. The number of nitrogens with one attached hydrogen (secondary N) is 1. The van der Waals surface area contributed by atoms with Crippen molar-refractivity contribution in [2.75, 3.05) is 13.2 Å². The topological polar surface area (TPSA) is 21.3 Å². The Balaban J connectivity index is 1.98. The van der Waals surface area contributed by atoms with Gasteiger partial charge in [0.1, 0.15) is 5.82 Å². The van der Waals surface area contributed by atoms with Crippen LogP contribution in [0.25, 0.3) is 0 Å². The zero-order valence-corrected chi connectivity index (χ0v) is 11.2. The Kier molecular flexibility index (Phi) is 4.72. The molecule has 0 aromatic heterocycles. The SMILES string of the molecule is CC(C)N[C@@H]1CCOC[C@@H]1Cc1ccc(F)cc1. The van der Waals surface area contributed by atoms with Crippen molar-refractivity contribution in [2.24, 2.45) is 5.92 Å². The van der Waals surface area contributed by atoms with Crippen LogP contribution >= 0.6 is 0 Å². The van der Waals surface area contributed by atoms with Crippen LogP contribution in [-0.2, 0) is 11.2 Å². The molecule has 0 amide bonds. The smallest absolute Gasteiger partial charge is 0.123 e. The molecule has 1 fully saturated rings. The maximum absolute atomic E-state index is 12.9. The molecule has 2 atom stereocenters. The predicted octanol–water partition coefficient (Wildman–Crippen LogP) is 2.77. The van der Waals surface area contributed by atoms with Crippen molar-refractivity contribution in [2.45, 2.75) is 38.8 Å². The van der Waals surface area contributed by atoms with Crippen molar-refractivity contribution in [1.29, 1.82) is 0 Å². The van der Waals surface area contributed by atoms with Crippen molar-refractivity contribution >= 4 is 0 Å². The second-order valence-corrected chi connectivity index (χ2v) is 5.38. The van der Waals surface area contributed by atoms with Gasteiger partial charge in [0.2, 0.25) is 0 Å². The van der Waals surface area contributed by atoms with Crippen molar-refractivity contribution in [1.82, 2.24) is 5.32 Å². The number of hydrogen-bond donors (Lipinski definition) is 1. The molecule has 0 unspecified atom stereocenters. The summed E-state index contributed by atoms with van der Waals surface area (Å²) in [5.41, 5.74) is 1.18. The van der Waals surface area contributed by atoms with Crippen LogP contribution < -0.4 is 5.32 Å². The van der Waals surface area contributed by atoms with E-state index in [2.05, 4.69) is 19.2 Å². The highest BCUT2D eigenvalue weighted by atomic mass is 19.1. The summed E-state index contributed by atoms with van der Waals surface area (Å²) in [6, 6.07) is 7.80. The van der Waals surface area contributed by atoms with E-state index < -0.39 is 0 Å². The minimum absolute atomic E-state index is 0.171. The lowest BCUT2D eigenvalue weighted by Gasteiger charge is -2.33. The van der Waals surface area contributed by atoms with Crippen molar-refractivity contribution < 1.29 is 9.13 Å². The van der Waals surface area contributed by atoms with Crippen molar-refractivity contribution in [3.8, 4) is 0 Å². The Hall–Kier alpha value is -0.930. The number of benzene rings is 1. The standard InChI is InChI=1S/C15H22FNO/c1-11(2)17-15-7-8-18-10-13(15)9-12-3-5-14(16)6-4-12/h3-6,11,13,15,17H,7-10H2,1-2H3/t13-,15+/m0/s1. The molecule has 1 aromatic carbocycles. The Labute approximate surface area is 109 Å². The van der Waals surface area contributed by atoms with Gasteiger partial charge in [-0.3, -0.25) is 0 Å². The predicted molar refractivity (Wildman–Crippen MR) is 71.1 cm³/mol. The summed E-state index contributed by atoms with van der Waals surface area (Å²) in [4.78, 5) is 0. The lowest BCUT2D eigenvalue weighted by molar-refractivity contribution is 0.0300. The summed E-state index contributed by atoms with van der Waals surface area (Å²) in [7, 11) is 0. The van der Waals surface area contributed by atoms with Gasteiger partial charge in [0.25, 0.3) is 0 Å². The summed E-state index contributed by atoms with van der Waals surface area (Å²) >= 11 is 0. The molecule has 1 N–H and O–H groups in total. The van der Waals surface area contributed by atoms with E-state index in [1.54, 1.807) is 0 Å². The second-order valence-electron chi connectivity index (χ2n) is 5.38. The van der Waals surface area contributed by atoms with Crippen LogP contribution in [0.2, 0.25) is 0 Å². The van der Waals surface area contributed by atoms with E-state index in [0.29, 0.717) is 18.0 Å². The van der Waals surface area contributed by atoms with Crippen LogP contribution in [0.15, 0.2) is 24.3 Å². The largest absolute Gasteiger partial charge is 0.381 e. The third-order valence-electron chi connectivity index (χ3n) is 3.43. The lowest BCUT2D eigenvalue weighted by Crippen LogP contribution is -2.46. The highest BCUT2D eigenvalue weighted by molar-refractivity contribution is 5.17. The minimum atomic E-state index is -0.171.